The highest BCUT2D eigenvalue weighted by Gasteiger charge is 2.45. The monoisotopic (exact) mass is 452 g/mol. The number of rotatable bonds is 13. The van der Waals surface area contributed by atoms with E-state index in [0.717, 1.165) is 32.1 Å². The Morgan fingerprint density at radius 1 is 0.906 bits per heavy atom. The quantitative estimate of drug-likeness (QED) is 0.316. The van der Waals surface area contributed by atoms with Crippen LogP contribution in [-0.2, 0) is 9.47 Å². The molecule has 32 heavy (non-hydrogen) atoms. The first-order valence-corrected chi connectivity index (χ1v) is 11.6. The summed E-state index contributed by atoms with van der Waals surface area (Å²) in [5.74, 6) is 0. The van der Waals surface area contributed by atoms with Crippen LogP contribution in [0, 0.1) is 0 Å². The summed E-state index contributed by atoms with van der Waals surface area (Å²) >= 11 is 0. The van der Waals surface area contributed by atoms with Crippen molar-refractivity contribution in [2.45, 2.75) is 109 Å². The molecule has 1 aliphatic heterocycles. The molecule has 0 amide bonds. The molecule has 1 heterocycles. The molecule has 0 bridgehead atoms. The van der Waals surface area contributed by atoms with Gasteiger partial charge in [0.25, 0.3) is 0 Å². The molecule has 1 aliphatic rings. The average molecular weight is 453 g/mol. The van der Waals surface area contributed by atoms with Gasteiger partial charge in [0.15, 0.2) is 6.29 Å². The Hall–Kier alpha value is -1.28. The fourth-order valence-electron chi connectivity index (χ4n) is 3.58. The van der Waals surface area contributed by atoms with Crippen molar-refractivity contribution < 1.29 is 29.9 Å². The minimum Gasteiger partial charge on any atom is -0.394 e. The molecule has 6 heteroatoms. The summed E-state index contributed by atoms with van der Waals surface area (Å²) < 4.78 is 11.4. The Labute approximate surface area is 194 Å². The van der Waals surface area contributed by atoms with Crippen molar-refractivity contribution in [1.82, 2.24) is 0 Å². The van der Waals surface area contributed by atoms with Gasteiger partial charge >= 0.3 is 0 Å². The van der Waals surface area contributed by atoms with Crippen LogP contribution in [0.1, 0.15) is 73.1 Å². The Morgan fingerprint density at radius 3 is 2.00 bits per heavy atom. The Bertz CT molecular complexity index is 661. The second-order valence-corrected chi connectivity index (χ2v) is 9.33. The van der Waals surface area contributed by atoms with Gasteiger partial charge in [0.2, 0.25) is 0 Å². The van der Waals surface area contributed by atoms with Crippen molar-refractivity contribution in [3.05, 3.63) is 47.6 Å². The summed E-state index contributed by atoms with van der Waals surface area (Å²) in [6.07, 6.45) is 7.55. The number of hydrogen-bond acceptors (Lipinski definition) is 6. The second-order valence-electron chi connectivity index (χ2n) is 9.33. The van der Waals surface area contributed by atoms with Crippen molar-refractivity contribution in [2.75, 3.05) is 6.61 Å². The van der Waals surface area contributed by atoms with E-state index in [4.69, 9.17) is 9.47 Å². The third-order valence-electron chi connectivity index (χ3n) is 5.92. The molecule has 1 saturated heterocycles. The van der Waals surface area contributed by atoms with Gasteiger partial charge < -0.3 is 29.9 Å². The van der Waals surface area contributed by atoms with Gasteiger partial charge in [-0.05, 0) is 73.1 Å². The van der Waals surface area contributed by atoms with Gasteiger partial charge in [0.05, 0.1) is 12.2 Å². The van der Waals surface area contributed by atoms with Crippen LogP contribution in [0.4, 0.5) is 0 Å². The normalized spacial score (nSPS) is 28.8. The van der Waals surface area contributed by atoms with Crippen molar-refractivity contribution >= 4 is 0 Å². The lowest BCUT2D eigenvalue weighted by atomic mass is 9.96. The highest BCUT2D eigenvalue weighted by atomic mass is 16.7. The molecule has 0 radical (unpaired) electrons. The van der Waals surface area contributed by atoms with E-state index in [1.165, 1.54) is 16.7 Å². The van der Waals surface area contributed by atoms with Gasteiger partial charge in [-0.25, -0.2) is 0 Å². The minimum atomic E-state index is -1.46. The summed E-state index contributed by atoms with van der Waals surface area (Å²) in [5.41, 5.74) is 3.28. The van der Waals surface area contributed by atoms with Crippen molar-refractivity contribution in [1.29, 1.82) is 0 Å². The van der Waals surface area contributed by atoms with E-state index in [1.54, 1.807) is 6.08 Å². The molecule has 6 atom stereocenters. The van der Waals surface area contributed by atoms with E-state index >= 15 is 0 Å². The maximum Gasteiger partial charge on any atom is 0.187 e. The molecule has 1 unspecified atom stereocenters. The van der Waals surface area contributed by atoms with Gasteiger partial charge in [-0.3, -0.25) is 0 Å². The van der Waals surface area contributed by atoms with Crippen LogP contribution in [0.2, 0.25) is 0 Å². The SMILES string of the molecule is C=CC(C)(CC/C=C(\C)CC/C=C(\C)CCC=C(C)C)O[C@@H]1O[C@H](CO)[C@@H](O)[C@H](O)[C@H]1O. The van der Waals surface area contributed by atoms with Crippen molar-refractivity contribution in [3.8, 4) is 0 Å². The van der Waals surface area contributed by atoms with E-state index in [0.29, 0.717) is 6.42 Å². The molecule has 0 aliphatic carbocycles. The van der Waals surface area contributed by atoms with E-state index in [9.17, 15) is 20.4 Å². The molecule has 0 aromatic rings. The zero-order valence-corrected chi connectivity index (χ0v) is 20.5. The number of aliphatic hydroxyl groups excluding tert-OH is 4. The average Bonchev–Trinajstić information content (AvgIpc) is 2.74. The van der Waals surface area contributed by atoms with Crippen molar-refractivity contribution in [2.24, 2.45) is 0 Å². The standard InChI is InChI=1S/C26H44O6/c1-7-26(6,32-25-24(30)23(29)22(28)21(17-27)31-25)16-10-15-20(5)14-9-13-19(4)12-8-11-18(2)3/h7,11,13,15,21-25,27-30H,1,8-10,12,14,16-17H2,2-6H3/b19-13+,20-15+/t21-,22-,23+,24-,25+,26?/m1/s1. The zero-order chi connectivity index (χ0) is 24.3. The van der Waals surface area contributed by atoms with E-state index in [2.05, 4.69) is 52.5 Å². The van der Waals surface area contributed by atoms with Crippen LogP contribution in [-0.4, -0.2) is 63.3 Å². The fourth-order valence-corrected chi connectivity index (χ4v) is 3.58. The maximum absolute atomic E-state index is 10.2. The Morgan fingerprint density at radius 2 is 1.47 bits per heavy atom. The lowest BCUT2D eigenvalue weighted by Gasteiger charge is -2.42. The number of ether oxygens (including phenoxy) is 2. The van der Waals surface area contributed by atoms with Gasteiger partial charge in [-0.15, -0.1) is 6.58 Å². The van der Waals surface area contributed by atoms with Crippen LogP contribution < -0.4 is 0 Å². The van der Waals surface area contributed by atoms with Crippen LogP contribution in [0.5, 0.6) is 0 Å². The summed E-state index contributed by atoms with van der Waals surface area (Å²) in [7, 11) is 0. The summed E-state index contributed by atoms with van der Waals surface area (Å²) in [4.78, 5) is 0. The molecule has 184 valence electrons. The molecule has 0 spiro atoms. The Balaban J connectivity index is 2.54. The van der Waals surface area contributed by atoms with Crippen LogP contribution >= 0.6 is 0 Å². The van der Waals surface area contributed by atoms with Crippen molar-refractivity contribution in [3.63, 3.8) is 0 Å². The first-order chi connectivity index (χ1) is 15.0. The molecule has 0 aromatic heterocycles. The van der Waals surface area contributed by atoms with Gasteiger partial charge in [0, 0.05) is 0 Å². The topological polar surface area (TPSA) is 99.4 Å². The molecular weight excluding hydrogens is 408 g/mol. The third-order valence-corrected chi connectivity index (χ3v) is 5.92. The van der Waals surface area contributed by atoms with E-state index in [1.807, 2.05) is 6.92 Å². The first kappa shape index (κ1) is 28.8. The minimum absolute atomic E-state index is 0.486. The lowest BCUT2D eigenvalue weighted by Crippen LogP contribution is -2.60. The fraction of sp³-hybridized carbons (Fsp3) is 0.692. The Kier molecular flexibility index (Phi) is 12.7. The summed E-state index contributed by atoms with van der Waals surface area (Å²) in [5, 5.41) is 39.4. The highest BCUT2D eigenvalue weighted by Crippen LogP contribution is 2.29. The summed E-state index contributed by atoms with van der Waals surface area (Å²) in [6, 6.07) is 0. The maximum atomic E-state index is 10.2. The lowest BCUT2D eigenvalue weighted by molar-refractivity contribution is -0.319. The highest BCUT2D eigenvalue weighted by molar-refractivity contribution is 5.06. The second kappa shape index (κ2) is 14.1. The summed E-state index contributed by atoms with van der Waals surface area (Å²) in [6.45, 7) is 13.7. The molecule has 0 saturated carbocycles. The van der Waals surface area contributed by atoms with Gasteiger partial charge in [0.1, 0.15) is 24.4 Å². The number of aliphatic hydroxyl groups is 4. The van der Waals surface area contributed by atoms with Crippen LogP contribution in [0.15, 0.2) is 47.6 Å². The smallest absolute Gasteiger partial charge is 0.187 e. The number of allylic oxidation sites excluding steroid dienone is 6. The van der Waals surface area contributed by atoms with E-state index < -0.39 is 42.9 Å². The molecule has 1 rings (SSSR count). The third kappa shape index (κ3) is 9.69. The predicted octanol–water partition coefficient (Wildman–Crippen LogP) is 3.95. The molecule has 6 nitrogen and oxygen atoms in total. The predicted molar refractivity (Wildman–Crippen MR) is 128 cm³/mol. The van der Waals surface area contributed by atoms with E-state index in [-0.39, 0.29) is 0 Å². The molecule has 0 aromatic carbocycles. The zero-order valence-electron chi connectivity index (χ0n) is 20.5. The first-order valence-electron chi connectivity index (χ1n) is 11.6. The van der Waals surface area contributed by atoms with Gasteiger partial charge in [-0.1, -0.05) is 41.0 Å². The van der Waals surface area contributed by atoms with Crippen LogP contribution in [0.3, 0.4) is 0 Å². The molecule has 1 fully saturated rings. The van der Waals surface area contributed by atoms with Crippen LogP contribution in [0.25, 0.3) is 0 Å². The van der Waals surface area contributed by atoms with Gasteiger partial charge in [-0.2, -0.15) is 0 Å². The molecular formula is C26H44O6. The largest absolute Gasteiger partial charge is 0.394 e. The molecule has 4 N–H and O–H groups in total. The number of hydrogen-bond donors (Lipinski definition) is 4.